The van der Waals surface area contributed by atoms with E-state index in [1.54, 1.807) is 41.5 Å². The predicted octanol–water partition coefficient (Wildman–Crippen LogP) is 14.9. The Labute approximate surface area is 567 Å². The predicted molar refractivity (Wildman–Crippen MR) is 362 cm³/mol. The second-order valence-electron chi connectivity index (χ2n) is 34.8. The minimum atomic E-state index is -1.25. The van der Waals surface area contributed by atoms with Crippen LogP contribution in [0.3, 0.4) is 0 Å². The number of ether oxygens (including phenoxy) is 7. The van der Waals surface area contributed by atoms with E-state index in [1.165, 1.54) is 53.8 Å². The number of carbonyl (C=O) groups is 11. The Morgan fingerprint density at radius 1 is 0.404 bits per heavy atom. The first kappa shape index (κ1) is 87.0. The molecule has 0 radical (unpaired) electrons. The number of hydrogen-bond acceptors (Lipinski definition) is 18. The van der Waals surface area contributed by atoms with Crippen LogP contribution in [0.15, 0.2) is 0 Å². The van der Waals surface area contributed by atoms with E-state index in [-0.39, 0.29) is 42.9 Å². The summed E-state index contributed by atoms with van der Waals surface area (Å²) in [6, 6.07) is 0. The molecular weight excluding hydrogens is 1200 g/mol. The molecule has 18 heteroatoms. The summed E-state index contributed by atoms with van der Waals surface area (Å²) in [6.45, 7) is 54.0. The smallest absolute Gasteiger partial charge is 0.318 e. The largest absolute Gasteiger partial charge is 0.469 e. The lowest BCUT2D eigenvalue weighted by molar-refractivity contribution is -0.164. The molecule has 0 amide bonds. The van der Waals surface area contributed by atoms with Gasteiger partial charge in [-0.15, -0.1) is 0 Å². The summed E-state index contributed by atoms with van der Waals surface area (Å²) in [4.78, 5) is 139. The lowest BCUT2D eigenvalue weighted by atomic mass is 9.65. The summed E-state index contributed by atoms with van der Waals surface area (Å²) in [5, 5.41) is 0. The first-order chi connectivity index (χ1) is 42.7. The van der Waals surface area contributed by atoms with Gasteiger partial charge in [-0.2, -0.15) is 0 Å². The van der Waals surface area contributed by atoms with Crippen LogP contribution in [0.1, 0.15) is 244 Å². The van der Waals surface area contributed by atoms with E-state index in [4.69, 9.17) is 33.2 Å². The fourth-order valence-electron chi connectivity index (χ4n) is 14.4. The first-order valence-corrected chi connectivity index (χ1v) is 34.7. The number of carbonyl (C=O) groups excluding carboxylic acids is 11. The molecule has 3 fully saturated rings. The van der Waals surface area contributed by atoms with Crippen molar-refractivity contribution in [3.05, 3.63) is 0 Å². The van der Waals surface area contributed by atoms with Crippen LogP contribution in [-0.2, 0) is 85.9 Å². The fraction of sp³-hybridized carbons (Fsp3) is 0.855. The molecule has 18 nitrogen and oxygen atoms in total. The third kappa shape index (κ3) is 25.1. The van der Waals surface area contributed by atoms with Crippen LogP contribution in [0, 0.1) is 139 Å². The SMILES string of the molecule is CC(C)(C)C1C(=O)OC(=O)C1CCC1COC(=O)C1CCC1C(=O)OC(=O)C1C(C)(C)C.CC(CCC(C)C(C)C(C)C(C)(C)C)C(C)CCC(C)C(C)(C)C.COC(=O)C(CC(C(C)=O)C(C(=O)OC)C(C)(C)C)C(CC(C(C)=O)C(C(=O)OC)C(C)(C)C)C(=O)OC. The monoisotopic (exact) mass is 1330 g/mol. The van der Waals surface area contributed by atoms with Crippen LogP contribution in [0.2, 0.25) is 0 Å². The highest BCUT2D eigenvalue weighted by Gasteiger charge is 2.54. The van der Waals surface area contributed by atoms with E-state index in [9.17, 15) is 52.7 Å². The molecule has 18 atom stereocenters. The minimum Gasteiger partial charge on any atom is -0.469 e. The first-order valence-electron chi connectivity index (χ1n) is 34.7. The van der Waals surface area contributed by atoms with Gasteiger partial charge in [-0.25, -0.2) is 0 Å². The topological polar surface area (TPSA) is 252 Å². The molecule has 0 aromatic rings. The Morgan fingerprint density at radius 3 is 1.04 bits per heavy atom. The molecule has 3 aliphatic rings. The van der Waals surface area contributed by atoms with Crippen LogP contribution in [0.4, 0.5) is 0 Å². The van der Waals surface area contributed by atoms with Crippen molar-refractivity contribution in [2.24, 2.45) is 139 Å². The van der Waals surface area contributed by atoms with Gasteiger partial charge >= 0.3 is 53.7 Å². The molecule has 0 aromatic carbocycles. The van der Waals surface area contributed by atoms with Crippen molar-refractivity contribution in [1.82, 2.24) is 0 Å². The molecule has 0 saturated carbocycles. The normalized spacial score (nSPS) is 23.5. The molecule has 3 heterocycles. The average molecular weight is 1330 g/mol. The van der Waals surface area contributed by atoms with Crippen LogP contribution in [0.5, 0.6) is 0 Å². The highest BCUT2D eigenvalue weighted by molar-refractivity contribution is 5.97. The van der Waals surface area contributed by atoms with Gasteiger partial charge in [0.15, 0.2) is 0 Å². The second-order valence-corrected chi connectivity index (χ2v) is 34.8. The maximum atomic E-state index is 13.1. The van der Waals surface area contributed by atoms with Crippen molar-refractivity contribution >= 4 is 65.3 Å². The maximum absolute atomic E-state index is 13.1. The molecule has 0 aliphatic carbocycles. The third-order valence-electron chi connectivity index (χ3n) is 21.9. The molecule has 0 N–H and O–H groups in total. The van der Waals surface area contributed by atoms with Gasteiger partial charge in [-0.05, 0) is 127 Å². The van der Waals surface area contributed by atoms with Crippen molar-refractivity contribution in [1.29, 1.82) is 0 Å². The lowest BCUT2D eigenvalue weighted by Crippen LogP contribution is -2.45. The quantitative estimate of drug-likeness (QED) is 0.0401. The van der Waals surface area contributed by atoms with E-state index in [2.05, 4.69) is 83.1 Å². The number of ketones is 2. The Kier molecular flexibility index (Phi) is 33.3. The number of cyclic esters (lactones) is 5. The average Bonchev–Trinajstić information content (AvgIpc) is 1.44. The van der Waals surface area contributed by atoms with Gasteiger partial charge in [-0.1, -0.05) is 185 Å². The van der Waals surface area contributed by atoms with E-state index in [1.807, 2.05) is 41.5 Å². The number of hydrogen-bond donors (Lipinski definition) is 0. The molecule has 18 unspecified atom stereocenters. The van der Waals surface area contributed by atoms with Crippen LogP contribution in [0.25, 0.3) is 0 Å². The number of Topliss-reactive ketones (excluding diaryl/α,β-unsaturated/α-hetero) is 2. The molecule has 3 aliphatic heterocycles. The molecule has 0 bridgehead atoms. The molecule has 3 rings (SSSR count). The standard InChI is InChI=1S/C28H46O10.C24H34O8.C24H50/c1-15(29)17(21(25(33)37-11)27(3,4)5)13-19(23(31)35-9)20(24(32)36-10)14-18(16(2)30)22(26(34)38-12)28(6,7)8;1-23(2,3)16-14(19(26)31-21(16)28)8-7-12-11-30-18(25)13(12)9-10-15-17(24(4,5)6)22(29)32-20(15)27;1-17(18(2)15-16-20(4)23(7,8)9)13-14-19(3)21(5)22(6)24(10,11)12/h17-22H,13-14H2,1-12H3;12-17H,7-11H2,1-6H3;17-22H,13-16H2,1-12H3. The Morgan fingerprint density at radius 2 is 0.734 bits per heavy atom. The summed E-state index contributed by atoms with van der Waals surface area (Å²) in [5.74, 6) is -10.1. The zero-order valence-corrected chi connectivity index (χ0v) is 64.0. The zero-order valence-electron chi connectivity index (χ0n) is 64.0. The second kappa shape index (κ2) is 36.0. The molecule has 94 heavy (non-hydrogen) atoms. The Hall–Kier alpha value is -5.03. The molecule has 0 spiro atoms. The summed E-state index contributed by atoms with van der Waals surface area (Å²) in [7, 11) is 4.71. The van der Waals surface area contributed by atoms with E-state index >= 15 is 0 Å². The van der Waals surface area contributed by atoms with Gasteiger partial charge in [-0.3, -0.25) is 52.7 Å². The van der Waals surface area contributed by atoms with Gasteiger partial charge in [0.25, 0.3) is 0 Å². The molecule has 3 saturated heterocycles. The summed E-state index contributed by atoms with van der Waals surface area (Å²) >= 11 is 0. The van der Waals surface area contributed by atoms with Gasteiger partial charge in [0.2, 0.25) is 0 Å². The van der Waals surface area contributed by atoms with Gasteiger partial charge in [0.1, 0.15) is 11.6 Å². The summed E-state index contributed by atoms with van der Waals surface area (Å²) < 4.78 is 35.0. The summed E-state index contributed by atoms with van der Waals surface area (Å²) in [6.07, 6.45) is 6.81. The third-order valence-corrected chi connectivity index (χ3v) is 21.9. The van der Waals surface area contributed by atoms with Crippen LogP contribution >= 0.6 is 0 Å². The Balaban J connectivity index is 0.000000723. The van der Waals surface area contributed by atoms with Crippen LogP contribution < -0.4 is 0 Å². The molecule has 542 valence electrons. The maximum Gasteiger partial charge on any atom is 0.318 e. The molecular formula is C76H130O18. The van der Waals surface area contributed by atoms with Gasteiger partial charge in [0, 0.05) is 17.8 Å². The highest BCUT2D eigenvalue weighted by atomic mass is 16.6. The highest BCUT2D eigenvalue weighted by Crippen LogP contribution is 2.47. The van der Waals surface area contributed by atoms with E-state index in [0.717, 1.165) is 49.7 Å². The number of esters is 9. The van der Waals surface area contributed by atoms with Crippen molar-refractivity contribution in [2.45, 2.75) is 244 Å². The lowest BCUT2D eigenvalue weighted by Gasteiger charge is -2.38. The fourth-order valence-corrected chi connectivity index (χ4v) is 14.4. The van der Waals surface area contributed by atoms with E-state index < -0.39 is 135 Å². The number of rotatable bonds is 28. The van der Waals surface area contributed by atoms with E-state index in [0.29, 0.717) is 36.5 Å². The van der Waals surface area contributed by atoms with Crippen molar-refractivity contribution in [2.75, 3.05) is 35.0 Å². The van der Waals surface area contributed by atoms with Gasteiger partial charge in [0.05, 0.1) is 88.3 Å². The number of methoxy groups -OCH3 is 4. The Bertz CT molecular complexity index is 2480. The van der Waals surface area contributed by atoms with Crippen molar-refractivity contribution in [3.63, 3.8) is 0 Å². The van der Waals surface area contributed by atoms with Gasteiger partial charge < -0.3 is 33.2 Å². The van der Waals surface area contributed by atoms with Crippen LogP contribution in [-0.4, -0.2) is 100 Å². The van der Waals surface area contributed by atoms with Crippen molar-refractivity contribution in [3.8, 4) is 0 Å². The molecule has 0 aromatic heterocycles. The minimum absolute atomic E-state index is 0.118. The summed E-state index contributed by atoms with van der Waals surface area (Å²) in [5.41, 5.74) is -1.41. The zero-order chi connectivity index (χ0) is 73.5. The van der Waals surface area contributed by atoms with Crippen molar-refractivity contribution < 1.29 is 85.9 Å².